The SMILES string of the molecule is CCOc1ccc(C(=O)Nc2ccc3c(C)c(CC)c(=O)[nH]c3c2)cc1. The number of fused-ring (bicyclic) bond motifs is 1. The monoisotopic (exact) mass is 350 g/mol. The van der Waals surface area contributed by atoms with E-state index in [0.717, 1.165) is 22.3 Å². The Bertz CT molecular complexity index is 1000. The second-order valence-corrected chi connectivity index (χ2v) is 6.08. The Morgan fingerprint density at radius 3 is 2.50 bits per heavy atom. The highest BCUT2D eigenvalue weighted by molar-refractivity contribution is 6.05. The van der Waals surface area contributed by atoms with Gasteiger partial charge in [0.15, 0.2) is 0 Å². The zero-order chi connectivity index (χ0) is 18.7. The summed E-state index contributed by atoms with van der Waals surface area (Å²) in [5, 5.41) is 3.85. The summed E-state index contributed by atoms with van der Waals surface area (Å²) in [4.78, 5) is 27.5. The number of aromatic amines is 1. The smallest absolute Gasteiger partial charge is 0.255 e. The van der Waals surface area contributed by atoms with Crippen LogP contribution in [0.2, 0.25) is 0 Å². The number of H-pyrrole nitrogens is 1. The first-order chi connectivity index (χ1) is 12.5. The lowest BCUT2D eigenvalue weighted by Crippen LogP contribution is -2.15. The molecule has 0 saturated carbocycles. The van der Waals surface area contributed by atoms with Crippen molar-refractivity contribution in [2.75, 3.05) is 11.9 Å². The van der Waals surface area contributed by atoms with Crippen LogP contribution in [0.1, 0.15) is 35.3 Å². The molecule has 5 nitrogen and oxygen atoms in total. The number of amides is 1. The molecule has 1 amide bonds. The number of nitrogens with one attached hydrogen (secondary N) is 2. The third-order valence-electron chi connectivity index (χ3n) is 4.44. The zero-order valence-electron chi connectivity index (χ0n) is 15.2. The molecule has 0 unspecified atom stereocenters. The van der Waals surface area contributed by atoms with Gasteiger partial charge in [0.1, 0.15) is 5.75 Å². The summed E-state index contributed by atoms with van der Waals surface area (Å²) in [5.74, 6) is 0.520. The van der Waals surface area contributed by atoms with Crippen molar-refractivity contribution in [3.63, 3.8) is 0 Å². The molecule has 0 atom stereocenters. The highest BCUT2D eigenvalue weighted by Gasteiger charge is 2.10. The summed E-state index contributed by atoms with van der Waals surface area (Å²) in [7, 11) is 0. The molecule has 0 aliphatic carbocycles. The highest BCUT2D eigenvalue weighted by Crippen LogP contribution is 2.22. The van der Waals surface area contributed by atoms with Crippen LogP contribution < -0.4 is 15.6 Å². The molecule has 0 saturated heterocycles. The summed E-state index contributed by atoms with van der Waals surface area (Å²) in [5.41, 5.74) is 3.59. The van der Waals surface area contributed by atoms with Crippen molar-refractivity contribution >= 4 is 22.5 Å². The largest absolute Gasteiger partial charge is 0.494 e. The normalized spacial score (nSPS) is 10.7. The molecular formula is C21H22N2O3. The van der Waals surface area contributed by atoms with Gasteiger partial charge in [0.05, 0.1) is 12.1 Å². The van der Waals surface area contributed by atoms with Gasteiger partial charge in [0, 0.05) is 22.2 Å². The summed E-state index contributed by atoms with van der Waals surface area (Å²) >= 11 is 0. The standard InChI is InChI=1S/C21H22N2O3/c1-4-17-13(3)18-11-8-15(12-19(18)23-21(17)25)22-20(24)14-6-9-16(10-7-14)26-5-2/h6-12H,4-5H2,1-3H3,(H,22,24)(H,23,25). The van der Waals surface area contributed by atoms with Crippen LogP contribution in [0.3, 0.4) is 0 Å². The molecule has 5 heteroatoms. The van der Waals surface area contributed by atoms with Crippen molar-refractivity contribution in [1.82, 2.24) is 4.98 Å². The van der Waals surface area contributed by atoms with Crippen LogP contribution in [-0.4, -0.2) is 17.5 Å². The van der Waals surface area contributed by atoms with Crippen LogP contribution in [0.15, 0.2) is 47.3 Å². The van der Waals surface area contributed by atoms with E-state index < -0.39 is 0 Å². The molecule has 134 valence electrons. The molecule has 0 aliphatic heterocycles. The first-order valence-electron chi connectivity index (χ1n) is 8.73. The second-order valence-electron chi connectivity index (χ2n) is 6.08. The Labute approximate surface area is 152 Å². The van der Waals surface area contributed by atoms with E-state index in [-0.39, 0.29) is 11.5 Å². The van der Waals surface area contributed by atoms with Gasteiger partial charge in [0.2, 0.25) is 0 Å². The molecule has 2 N–H and O–H groups in total. The van der Waals surface area contributed by atoms with E-state index >= 15 is 0 Å². The first-order valence-corrected chi connectivity index (χ1v) is 8.73. The number of pyridine rings is 1. The van der Waals surface area contributed by atoms with E-state index in [1.807, 2.05) is 32.9 Å². The average molecular weight is 350 g/mol. The van der Waals surface area contributed by atoms with Crippen LogP contribution in [0, 0.1) is 6.92 Å². The number of rotatable bonds is 5. The van der Waals surface area contributed by atoms with Gasteiger partial charge in [-0.05, 0) is 62.2 Å². The quantitative estimate of drug-likeness (QED) is 0.729. The van der Waals surface area contributed by atoms with Crippen molar-refractivity contribution < 1.29 is 9.53 Å². The van der Waals surface area contributed by atoms with Gasteiger partial charge in [-0.25, -0.2) is 0 Å². The third kappa shape index (κ3) is 3.47. The topological polar surface area (TPSA) is 71.2 Å². The summed E-state index contributed by atoms with van der Waals surface area (Å²) in [6.45, 7) is 6.42. The first kappa shape index (κ1) is 17.7. The molecule has 0 spiro atoms. The summed E-state index contributed by atoms with van der Waals surface area (Å²) in [6.07, 6.45) is 0.688. The Morgan fingerprint density at radius 1 is 1.12 bits per heavy atom. The summed E-state index contributed by atoms with van der Waals surface area (Å²) < 4.78 is 5.38. The van der Waals surface area contributed by atoms with Crippen LogP contribution in [0.25, 0.3) is 10.9 Å². The van der Waals surface area contributed by atoms with E-state index in [0.29, 0.717) is 29.8 Å². The van der Waals surface area contributed by atoms with Crippen molar-refractivity contribution in [2.45, 2.75) is 27.2 Å². The maximum absolute atomic E-state index is 12.4. The van der Waals surface area contributed by atoms with Crippen LogP contribution in [-0.2, 0) is 6.42 Å². The van der Waals surface area contributed by atoms with Gasteiger partial charge in [-0.15, -0.1) is 0 Å². The summed E-state index contributed by atoms with van der Waals surface area (Å²) in [6, 6.07) is 12.5. The highest BCUT2D eigenvalue weighted by atomic mass is 16.5. The fourth-order valence-electron chi connectivity index (χ4n) is 3.08. The van der Waals surface area contributed by atoms with E-state index in [1.54, 1.807) is 30.3 Å². The number of hydrogen-bond donors (Lipinski definition) is 2. The number of aryl methyl sites for hydroxylation is 1. The molecule has 1 heterocycles. The van der Waals surface area contributed by atoms with Crippen molar-refractivity contribution in [1.29, 1.82) is 0 Å². The Kier molecular flexibility index (Phi) is 5.07. The molecular weight excluding hydrogens is 328 g/mol. The molecule has 1 aromatic heterocycles. The van der Waals surface area contributed by atoms with Crippen molar-refractivity contribution in [3.8, 4) is 5.75 Å². The predicted octanol–water partition coefficient (Wildman–Crippen LogP) is 4.05. The molecule has 2 aromatic carbocycles. The third-order valence-corrected chi connectivity index (χ3v) is 4.44. The number of aromatic nitrogens is 1. The molecule has 0 radical (unpaired) electrons. The van der Waals surface area contributed by atoms with Crippen molar-refractivity contribution in [3.05, 3.63) is 69.5 Å². The van der Waals surface area contributed by atoms with Gasteiger partial charge in [-0.1, -0.05) is 13.0 Å². The maximum Gasteiger partial charge on any atom is 0.255 e. The zero-order valence-corrected chi connectivity index (χ0v) is 15.2. The number of benzene rings is 2. The minimum absolute atomic E-state index is 0.0764. The van der Waals surface area contributed by atoms with Crippen LogP contribution in [0.5, 0.6) is 5.75 Å². The lowest BCUT2D eigenvalue weighted by atomic mass is 10.0. The Balaban J connectivity index is 1.86. The fourth-order valence-corrected chi connectivity index (χ4v) is 3.08. The number of anilines is 1. The number of carbonyl (C=O) groups excluding carboxylic acids is 1. The van der Waals surface area contributed by atoms with Gasteiger partial charge in [0.25, 0.3) is 11.5 Å². The van der Waals surface area contributed by atoms with Crippen molar-refractivity contribution in [2.24, 2.45) is 0 Å². The Hall–Kier alpha value is -3.08. The van der Waals surface area contributed by atoms with Gasteiger partial charge in [-0.2, -0.15) is 0 Å². The number of hydrogen-bond acceptors (Lipinski definition) is 3. The molecule has 0 fully saturated rings. The van der Waals surface area contributed by atoms with E-state index in [4.69, 9.17) is 4.74 Å². The van der Waals surface area contributed by atoms with E-state index in [2.05, 4.69) is 10.3 Å². The predicted molar refractivity (Wildman–Crippen MR) is 104 cm³/mol. The van der Waals surface area contributed by atoms with Gasteiger partial charge < -0.3 is 15.0 Å². The van der Waals surface area contributed by atoms with E-state index in [9.17, 15) is 9.59 Å². The van der Waals surface area contributed by atoms with Gasteiger partial charge >= 0.3 is 0 Å². The molecule has 3 rings (SSSR count). The second kappa shape index (κ2) is 7.44. The lowest BCUT2D eigenvalue weighted by Gasteiger charge is -2.10. The number of carbonyl (C=O) groups is 1. The van der Waals surface area contributed by atoms with Gasteiger partial charge in [-0.3, -0.25) is 9.59 Å². The molecule has 3 aromatic rings. The molecule has 26 heavy (non-hydrogen) atoms. The minimum atomic E-state index is -0.211. The van der Waals surface area contributed by atoms with Crippen LogP contribution in [0.4, 0.5) is 5.69 Å². The van der Waals surface area contributed by atoms with E-state index in [1.165, 1.54) is 0 Å². The minimum Gasteiger partial charge on any atom is -0.494 e. The molecule has 0 bridgehead atoms. The Morgan fingerprint density at radius 2 is 1.85 bits per heavy atom. The van der Waals surface area contributed by atoms with Crippen LogP contribution >= 0.6 is 0 Å². The molecule has 0 aliphatic rings. The average Bonchev–Trinajstić information content (AvgIpc) is 2.62. The number of ether oxygens (including phenoxy) is 1. The lowest BCUT2D eigenvalue weighted by molar-refractivity contribution is 0.102. The fraction of sp³-hybridized carbons (Fsp3) is 0.238. The maximum atomic E-state index is 12.4.